The van der Waals surface area contributed by atoms with E-state index in [1.165, 1.54) is 5.56 Å². The number of hydrogen-bond donors (Lipinski definition) is 2. The minimum atomic E-state index is -0.417. The summed E-state index contributed by atoms with van der Waals surface area (Å²) in [6.45, 7) is 4.49. The van der Waals surface area contributed by atoms with Gasteiger partial charge in [-0.3, -0.25) is 4.90 Å². The van der Waals surface area contributed by atoms with Crippen molar-refractivity contribution >= 4 is 11.0 Å². The van der Waals surface area contributed by atoms with Crippen molar-refractivity contribution < 1.29 is 9.84 Å². The van der Waals surface area contributed by atoms with E-state index >= 15 is 0 Å². The third kappa shape index (κ3) is 5.03. The molecular weight excluding hydrogens is 364 g/mol. The van der Waals surface area contributed by atoms with Gasteiger partial charge in [0, 0.05) is 45.7 Å². The molecule has 0 saturated carbocycles. The highest BCUT2D eigenvalue weighted by Crippen LogP contribution is 2.21. The molecule has 0 aliphatic carbocycles. The SMILES string of the molecule is Cn1c(C[C@@H](NC[C@H](O)CN2CCOCC2)c2ccccc2)nc2ccccc21. The van der Waals surface area contributed by atoms with Gasteiger partial charge in [-0.25, -0.2) is 4.98 Å². The number of para-hydroxylation sites is 2. The second-order valence-corrected chi connectivity index (χ2v) is 7.72. The smallest absolute Gasteiger partial charge is 0.111 e. The molecule has 1 saturated heterocycles. The van der Waals surface area contributed by atoms with Crippen LogP contribution in [0, 0.1) is 0 Å². The lowest BCUT2D eigenvalue weighted by Crippen LogP contribution is -2.44. The molecule has 2 atom stereocenters. The molecule has 4 rings (SSSR count). The van der Waals surface area contributed by atoms with Crippen LogP contribution in [0.4, 0.5) is 0 Å². The first kappa shape index (κ1) is 20.0. The Hall–Kier alpha value is -2.25. The van der Waals surface area contributed by atoms with Crippen LogP contribution in [0.1, 0.15) is 17.4 Å². The van der Waals surface area contributed by atoms with Crippen molar-refractivity contribution in [2.24, 2.45) is 7.05 Å². The summed E-state index contributed by atoms with van der Waals surface area (Å²) in [6.07, 6.45) is 0.346. The zero-order valence-electron chi connectivity index (χ0n) is 17.0. The molecule has 1 aromatic heterocycles. The summed E-state index contributed by atoms with van der Waals surface area (Å²) in [5.74, 6) is 1.04. The van der Waals surface area contributed by atoms with Gasteiger partial charge >= 0.3 is 0 Å². The van der Waals surface area contributed by atoms with Crippen LogP contribution < -0.4 is 5.32 Å². The Kier molecular flexibility index (Phi) is 6.56. The molecule has 1 aliphatic rings. The molecular formula is C23H30N4O2. The van der Waals surface area contributed by atoms with Gasteiger partial charge in [-0.05, 0) is 17.7 Å². The number of hydrogen-bond acceptors (Lipinski definition) is 5. The summed E-state index contributed by atoms with van der Waals surface area (Å²) in [6, 6.07) is 18.7. The van der Waals surface area contributed by atoms with Crippen LogP contribution in [0.2, 0.25) is 0 Å². The van der Waals surface area contributed by atoms with E-state index in [-0.39, 0.29) is 6.04 Å². The number of ether oxygens (including phenoxy) is 1. The summed E-state index contributed by atoms with van der Waals surface area (Å²) in [7, 11) is 2.07. The van der Waals surface area contributed by atoms with Crippen LogP contribution in [0.15, 0.2) is 54.6 Å². The van der Waals surface area contributed by atoms with Crippen LogP contribution in [0.3, 0.4) is 0 Å². The lowest BCUT2D eigenvalue weighted by atomic mass is 10.0. The van der Waals surface area contributed by atoms with Crippen LogP contribution in [-0.2, 0) is 18.2 Å². The fraction of sp³-hybridized carbons (Fsp3) is 0.435. The van der Waals surface area contributed by atoms with E-state index < -0.39 is 6.10 Å². The largest absolute Gasteiger partial charge is 0.390 e. The Balaban J connectivity index is 1.45. The fourth-order valence-electron chi connectivity index (χ4n) is 3.98. The molecule has 6 heteroatoms. The van der Waals surface area contributed by atoms with Crippen LogP contribution >= 0.6 is 0 Å². The van der Waals surface area contributed by atoms with E-state index in [1.807, 2.05) is 18.2 Å². The highest BCUT2D eigenvalue weighted by atomic mass is 16.5. The maximum atomic E-state index is 10.6. The highest BCUT2D eigenvalue weighted by Gasteiger charge is 2.19. The number of β-amino-alcohol motifs (C(OH)–C–C–N with tert-alkyl or cyclic N) is 1. The molecule has 0 bridgehead atoms. The zero-order chi connectivity index (χ0) is 20.1. The minimum Gasteiger partial charge on any atom is -0.390 e. The van der Waals surface area contributed by atoms with Gasteiger partial charge < -0.3 is 19.7 Å². The Morgan fingerprint density at radius 1 is 1.07 bits per heavy atom. The van der Waals surface area contributed by atoms with Crippen molar-refractivity contribution in [3.05, 3.63) is 66.0 Å². The molecule has 2 heterocycles. The second kappa shape index (κ2) is 9.50. The van der Waals surface area contributed by atoms with Gasteiger partial charge in [0.15, 0.2) is 0 Å². The van der Waals surface area contributed by atoms with Crippen molar-refractivity contribution in [2.75, 3.05) is 39.4 Å². The van der Waals surface area contributed by atoms with Crippen molar-refractivity contribution in [3.63, 3.8) is 0 Å². The first-order valence-corrected chi connectivity index (χ1v) is 10.4. The lowest BCUT2D eigenvalue weighted by molar-refractivity contribution is 0.0144. The number of aliphatic hydroxyl groups excluding tert-OH is 1. The predicted octanol–water partition coefficient (Wildman–Crippen LogP) is 2.14. The second-order valence-electron chi connectivity index (χ2n) is 7.72. The molecule has 0 radical (unpaired) electrons. The standard InChI is InChI=1S/C23H30N4O2/c1-26-22-10-6-5-9-20(22)25-23(26)15-21(18-7-3-2-4-8-18)24-16-19(28)17-27-11-13-29-14-12-27/h2-10,19,21,24,28H,11-17H2,1H3/t19-,21+/m0/s1. The van der Waals surface area contributed by atoms with Crippen molar-refractivity contribution in [1.29, 1.82) is 0 Å². The number of imidazole rings is 1. The molecule has 0 amide bonds. The molecule has 0 spiro atoms. The molecule has 1 fully saturated rings. The number of nitrogens with zero attached hydrogens (tertiary/aromatic N) is 3. The average Bonchev–Trinajstić information content (AvgIpc) is 3.08. The average molecular weight is 395 g/mol. The third-order valence-corrected chi connectivity index (χ3v) is 5.64. The lowest BCUT2D eigenvalue weighted by Gasteiger charge is -2.29. The molecule has 3 aromatic rings. The van der Waals surface area contributed by atoms with E-state index in [2.05, 4.69) is 58.2 Å². The summed E-state index contributed by atoms with van der Waals surface area (Å²) in [5, 5.41) is 14.2. The molecule has 1 aliphatic heterocycles. The van der Waals surface area contributed by atoms with Crippen LogP contribution in [0.5, 0.6) is 0 Å². The Morgan fingerprint density at radius 2 is 1.79 bits per heavy atom. The molecule has 2 aromatic carbocycles. The number of aryl methyl sites for hydroxylation is 1. The number of rotatable bonds is 8. The summed E-state index contributed by atoms with van der Waals surface area (Å²) in [4.78, 5) is 7.10. The first-order chi connectivity index (χ1) is 14.2. The van der Waals surface area contributed by atoms with Crippen molar-refractivity contribution in [3.8, 4) is 0 Å². The van der Waals surface area contributed by atoms with Gasteiger partial charge in [0.05, 0.1) is 30.4 Å². The van der Waals surface area contributed by atoms with Crippen LogP contribution in [0.25, 0.3) is 11.0 Å². The Bertz CT molecular complexity index is 906. The maximum absolute atomic E-state index is 10.6. The molecule has 2 N–H and O–H groups in total. The Morgan fingerprint density at radius 3 is 2.55 bits per heavy atom. The molecule has 0 unspecified atom stereocenters. The van der Waals surface area contributed by atoms with Gasteiger partial charge in [-0.15, -0.1) is 0 Å². The van der Waals surface area contributed by atoms with Crippen molar-refractivity contribution in [1.82, 2.24) is 19.8 Å². The van der Waals surface area contributed by atoms with Gasteiger partial charge in [0.1, 0.15) is 5.82 Å². The van der Waals surface area contributed by atoms with E-state index in [0.29, 0.717) is 13.1 Å². The Labute approximate surface area is 172 Å². The topological polar surface area (TPSA) is 62.5 Å². The number of aromatic nitrogens is 2. The number of nitrogens with one attached hydrogen (secondary N) is 1. The van der Waals surface area contributed by atoms with E-state index in [0.717, 1.165) is 49.6 Å². The normalized spacial score (nSPS) is 17.4. The maximum Gasteiger partial charge on any atom is 0.111 e. The molecule has 6 nitrogen and oxygen atoms in total. The van der Waals surface area contributed by atoms with Gasteiger partial charge in [-0.2, -0.15) is 0 Å². The fourth-order valence-corrected chi connectivity index (χ4v) is 3.98. The van der Waals surface area contributed by atoms with Crippen molar-refractivity contribution in [2.45, 2.75) is 18.6 Å². The number of fused-ring (bicyclic) bond motifs is 1. The molecule has 154 valence electrons. The quantitative estimate of drug-likeness (QED) is 0.613. The highest BCUT2D eigenvalue weighted by molar-refractivity contribution is 5.75. The number of morpholine rings is 1. The van der Waals surface area contributed by atoms with E-state index in [1.54, 1.807) is 0 Å². The minimum absolute atomic E-state index is 0.0889. The number of benzene rings is 2. The predicted molar refractivity (Wildman–Crippen MR) is 115 cm³/mol. The first-order valence-electron chi connectivity index (χ1n) is 10.4. The zero-order valence-corrected chi connectivity index (χ0v) is 17.0. The van der Waals surface area contributed by atoms with E-state index in [4.69, 9.17) is 9.72 Å². The summed E-state index contributed by atoms with van der Waals surface area (Å²) in [5.41, 5.74) is 3.36. The van der Waals surface area contributed by atoms with Gasteiger partial charge in [-0.1, -0.05) is 42.5 Å². The number of aliphatic hydroxyl groups is 1. The summed E-state index contributed by atoms with van der Waals surface area (Å²) >= 11 is 0. The van der Waals surface area contributed by atoms with Crippen LogP contribution in [-0.4, -0.2) is 65.1 Å². The van der Waals surface area contributed by atoms with Gasteiger partial charge in [0.2, 0.25) is 0 Å². The van der Waals surface area contributed by atoms with E-state index in [9.17, 15) is 5.11 Å². The monoisotopic (exact) mass is 394 g/mol. The summed E-state index contributed by atoms with van der Waals surface area (Å²) < 4.78 is 7.56. The third-order valence-electron chi connectivity index (χ3n) is 5.64. The van der Waals surface area contributed by atoms with Gasteiger partial charge in [0.25, 0.3) is 0 Å². The molecule has 29 heavy (non-hydrogen) atoms.